The molecule has 0 aromatic heterocycles. The van der Waals surface area contributed by atoms with Gasteiger partial charge in [0.25, 0.3) is 0 Å². The second-order valence-corrected chi connectivity index (χ2v) is 5.77. The molecule has 2 aromatic rings. The Labute approximate surface area is 120 Å². The molecule has 3 nitrogen and oxygen atoms in total. The molecule has 0 saturated heterocycles. The number of hydrogen-bond donors (Lipinski definition) is 2. The number of anilines is 1. The molecular formula is C14H11ClN2OS. The van der Waals surface area contributed by atoms with E-state index in [9.17, 15) is 4.79 Å². The molecule has 0 saturated carbocycles. The number of carbonyl (C=O) groups is 1. The maximum atomic E-state index is 11.5. The number of nitrogens with one attached hydrogen (secondary N) is 1. The molecule has 1 aliphatic heterocycles. The Hall–Kier alpha value is -1.49. The third kappa shape index (κ3) is 2.34. The maximum absolute atomic E-state index is 11.5. The maximum Gasteiger partial charge on any atom is 0.245 e. The average Bonchev–Trinajstić information content (AvgIpc) is 2.68. The van der Waals surface area contributed by atoms with Crippen LogP contribution in [0, 0.1) is 0 Å². The number of halogens is 1. The Morgan fingerprint density at radius 1 is 1.21 bits per heavy atom. The molecule has 96 valence electrons. The van der Waals surface area contributed by atoms with Gasteiger partial charge in [0.15, 0.2) is 0 Å². The van der Waals surface area contributed by atoms with Crippen molar-refractivity contribution in [2.24, 2.45) is 5.73 Å². The van der Waals surface area contributed by atoms with Crippen LogP contribution in [-0.2, 0) is 4.79 Å². The van der Waals surface area contributed by atoms with Crippen LogP contribution in [0.1, 0.15) is 11.6 Å². The fourth-order valence-corrected chi connectivity index (χ4v) is 3.11. The summed E-state index contributed by atoms with van der Waals surface area (Å²) >= 11 is 7.69. The van der Waals surface area contributed by atoms with Crippen molar-refractivity contribution in [3.8, 4) is 0 Å². The first kappa shape index (κ1) is 12.5. The molecule has 0 radical (unpaired) electrons. The third-order valence-corrected chi connectivity index (χ3v) is 4.47. The Bertz CT molecular complexity index is 660. The second kappa shape index (κ2) is 4.89. The Kier molecular flexibility index (Phi) is 3.22. The van der Waals surface area contributed by atoms with E-state index in [0.29, 0.717) is 5.02 Å². The molecule has 0 bridgehead atoms. The van der Waals surface area contributed by atoms with Gasteiger partial charge < -0.3 is 11.1 Å². The third-order valence-electron chi connectivity index (χ3n) is 2.96. The van der Waals surface area contributed by atoms with Crippen molar-refractivity contribution in [2.45, 2.75) is 15.8 Å². The first-order valence-electron chi connectivity index (χ1n) is 5.78. The van der Waals surface area contributed by atoms with Crippen LogP contribution in [0.25, 0.3) is 0 Å². The van der Waals surface area contributed by atoms with Crippen LogP contribution in [0.4, 0.5) is 5.69 Å². The van der Waals surface area contributed by atoms with Crippen LogP contribution < -0.4 is 11.1 Å². The summed E-state index contributed by atoms with van der Waals surface area (Å²) in [5.74, 6) is -0.158. The molecule has 2 aromatic carbocycles. The summed E-state index contributed by atoms with van der Waals surface area (Å²) in [5, 5.41) is 3.49. The van der Waals surface area contributed by atoms with Crippen LogP contribution in [0.5, 0.6) is 0 Å². The van der Waals surface area contributed by atoms with Crippen molar-refractivity contribution in [3.05, 3.63) is 53.1 Å². The highest BCUT2D eigenvalue weighted by molar-refractivity contribution is 7.99. The number of hydrogen-bond acceptors (Lipinski definition) is 3. The van der Waals surface area contributed by atoms with Gasteiger partial charge in [-0.3, -0.25) is 4.79 Å². The molecule has 0 fully saturated rings. The highest BCUT2D eigenvalue weighted by Crippen LogP contribution is 2.37. The topological polar surface area (TPSA) is 55.1 Å². The molecule has 1 heterocycles. The van der Waals surface area contributed by atoms with Gasteiger partial charge in [-0.1, -0.05) is 41.6 Å². The van der Waals surface area contributed by atoms with E-state index in [2.05, 4.69) is 5.32 Å². The van der Waals surface area contributed by atoms with Crippen LogP contribution in [-0.4, -0.2) is 5.91 Å². The van der Waals surface area contributed by atoms with E-state index in [1.165, 1.54) is 0 Å². The van der Waals surface area contributed by atoms with E-state index < -0.39 is 6.04 Å². The van der Waals surface area contributed by atoms with Gasteiger partial charge in [-0.2, -0.15) is 0 Å². The van der Waals surface area contributed by atoms with E-state index in [0.717, 1.165) is 21.0 Å². The zero-order valence-electron chi connectivity index (χ0n) is 9.89. The molecule has 0 spiro atoms. The number of nitrogens with two attached hydrogens (primary N) is 1. The number of amides is 1. The van der Waals surface area contributed by atoms with E-state index >= 15 is 0 Å². The van der Waals surface area contributed by atoms with Gasteiger partial charge in [-0.25, -0.2) is 0 Å². The summed E-state index contributed by atoms with van der Waals surface area (Å²) < 4.78 is 0. The Morgan fingerprint density at radius 3 is 2.79 bits per heavy atom. The van der Waals surface area contributed by atoms with Crippen molar-refractivity contribution in [1.29, 1.82) is 0 Å². The minimum Gasteiger partial charge on any atom is -0.324 e. The minimum absolute atomic E-state index is 0.158. The number of carbonyl (C=O) groups excluding carboxylic acids is 1. The van der Waals surface area contributed by atoms with Crippen LogP contribution in [0.2, 0.25) is 5.02 Å². The fraction of sp³-hybridized carbons (Fsp3) is 0.0714. The van der Waals surface area contributed by atoms with Crippen molar-refractivity contribution in [1.82, 2.24) is 0 Å². The smallest absolute Gasteiger partial charge is 0.245 e. The monoisotopic (exact) mass is 290 g/mol. The summed E-state index contributed by atoms with van der Waals surface area (Å²) in [6.07, 6.45) is 0. The lowest BCUT2D eigenvalue weighted by Crippen LogP contribution is -2.19. The fourth-order valence-electron chi connectivity index (χ4n) is 1.98. The van der Waals surface area contributed by atoms with Gasteiger partial charge in [0, 0.05) is 21.0 Å². The summed E-state index contributed by atoms with van der Waals surface area (Å²) in [5.41, 5.74) is 7.40. The van der Waals surface area contributed by atoms with Gasteiger partial charge in [0.2, 0.25) is 5.91 Å². The van der Waals surface area contributed by atoms with Crippen molar-refractivity contribution >= 4 is 35.0 Å². The SMILES string of the molecule is NC1C(=O)Nc2cc(Sc3ccccc3Cl)ccc21. The number of fused-ring (bicyclic) bond motifs is 1. The summed E-state index contributed by atoms with van der Waals surface area (Å²) in [6.45, 7) is 0. The molecule has 0 aliphatic carbocycles. The van der Waals surface area contributed by atoms with E-state index in [1.54, 1.807) is 11.8 Å². The van der Waals surface area contributed by atoms with Crippen LogP contribution in [0.15, 0.2) is 52.3 Å². The lowest BCUT2D eigenvalue weighted by molar-refractivity contribution is -0.116. The molecule has 19 heavy (non-hydrogen) atoms. The predicted octanol–water partition coefficient (Wildman–Crippen LogP) is 3.44. The van der Waals surface area contributed by atoms with Crippen molar-refractivity contribution in [3.63, 3.8) is 0 Å². The molecule has 3 N–H and O–H groups in total. The van der Waals surface area contributed by atoms with Gasteiger partial charge in [0.05, 0.1) is 5.02 Å². The summed E-state index contributed by atoms with van der Waals surface area (Å²) in [6, 6.07) is 12.9. The van der Waals surface area contributed by atoms with Crippen molar-refractivity contribution < 1.29 is 4.79 Å². The van der Waals surface area contributed by atoms with E-state index in [1.807, 2.05) is 42.5 Å². The Balaban J connectivity index is 1.91. The molecule has 1 aliphatic rings. The highest BCUT2D eigenvalue weighted by atomic mass is 35.5. The lowest BCUT2D eigenvalue weighted by atomic mass is 10.1. The van der Waals surface area contributed by atoms with Gasteiger partial charge in [-0.05, 0) is 24.3 Å². The number of benzene rings is 2. The largest absolute Gasteiger partial charge is 0.324 e. The van der Waals surface area contributed by atoms with Crippen LogP contribution >= 0.6 is 23.4 Å². The van der Waals surface area contributed by atoms with Gasteiger partial charge >= 0.3 is 0 Å². The molecule has 5 heteroatoms. The van der Waals surface area contributed by atoms with E-state index in [-0.39, 0.29) is 5.91 Å². The molecular weight excluding hydrogens is 280 g/mol. The first-order valence-corrected chi connectivity index (χ1v) is 6.97. The normalized spacial score (nSPS) is 17.2. The van der Waals surface area contributed by atoms with Crippen molar-refractivity contribution in [2.75, 3.05) is 5.32 Å². The quantitative estimate of drug-likeness (QED) is 0.891. The summed E-state index contributed by atoms with van der Waals surface area (Å²) in [4.78, 5) is 13.5. The summed E-state index contributed by atoms with van der Waals surface area (Å²) in [7, 11) is 0. The van der Waals surface area contributed by atoms with Crippen LogP contribution in [0.3, 0.4) is 0 Å². The first-order chi connectivity index (χ1) is 9.15. The zero-order chi connectivity index (χ0) is 13.4. The molecule has 1 unspecified atom stereocenters. The minimum atomic E-state index is -0.561. The average molecular weight is 291 g/mol. The predicted molar refractivity (Wildman–Crippen MR) is 77.6 cm³/mol. The molecule has 1 amide bonds. The molecule has 1 atom stereocenters. The zero-order valence-corrected chi connectivity index (χ0v) is 11.5. The number of rotatable bonds is 2. The Morgan fingerprint density at radius 2 is 2.00 bits per heavy atom. The lowest BCUT2D eigenvalue weighted by Gasteiger charge is -2.06. The molecule has 3 rings (SSSR count). The van der Waals surface area contributed by atoms with Gasteiger partial charge in [-0.15, -0.1) is 0 Å². The van der Waals surface area contributed by atoms with E-state index in [4.69, 9.17) is 17.3 Å². The standard InChI is InChI=1S/C14H11ClN2OS/c15-10-3-1-2-4-12(10)19-8-5-6-9-11(7-8)17-14(18)13(9)16/h1-7,13H,16H2,(H,17,18). The second-order valence-electron chi connectivity index (χ2n) is 4.25. The highest BCUT2D eigenvalue weighted by Gasteiger charge is 2.26. The van der Waals surface area contributed by atoms with Gasteiger partial charge in [0.1, 0.15) is 6.04 Å².